The summed E-state index contributed by atoms with van der Waals surface area (Å²) in [6.07, 6.45) is 20.7. The fraction of sp³-hybridized carbons (Fsp3) is 0.333. The second kappa shape index (κ2) is 5.58. The van der Waals surface area contributed by atoms with Gasteiger partial charge in [-0.2, -0.15) is 0 Å². The summed E-state index contributed by atoms with van der Waals surface area (Å²) < 4.78 is 0. The average molecular weight is 266 g/mol. The molecule has 1 atom stereocenters. The molecule has 0 aliphatic heterocycles. The Balaban J connectivity index is 1.83. The highest BCUT2D eigenvalue weighted by atomic mass is 14.6. The van der Waals surface area contributed by atoms with Crippen LogP contribution in [0.2, 0.25) is 0 Å². The first-order valence-corrected chi connectivity index (χ1v) is 7.44. The molecule has 2 heteroatoms. The molecular formula is C18H22N2. The van der Waals surface area contributed by atoms with E-state index in [9.17, 15) is 0 Å². The Morgan fingerprint density at radius 2 is 1.90 bits per heavy atom. The monoisotopic (exact) mass is 266 g/mol. The summed E-state index contributed by atoms with van der Waals surface area (Å²) in [6, 6.07) is 0. The van der Waals surface area contributed by atoms with Crippen molar-refractivity contribution in [3.63, 3.8) is 0 Å². The normalized spacial score (nSPS) is 26.2. The minimum atomic E-state index is 0.471. The fourth-order valence-electron chi connectivity index (χ4n) is 3.14. The number of hydrogen-bond donors (Lipinski definition) is 2. The van der Waals surface area contributed by atoms with E-state index in [1.807, 2.05) is 6.08 Å². The lowest BCUT2D eigenvalue weighted by molar-refractivity contribution is 0.753. The van der Waals surface area contributed by atoms with E-state index in [1.165, 1.54) is 16.7 Å². The molecule has 1 unspecified atom stereocenters. The molecule has 104 valence electrons. The van der Waals surface area contributed by atoms with Gasteiger partial charge < -0.3 is 11.5 Å². The van der Waals surface area contributed by atoms with Crippen LogP contribution in [0.3, 0.4) is 0 Å². The summed E-state index contributed by atoms with van der Waals surface area (Å²) in [5.41, 5.74) is 18.0. The Morgan fingerprint density at radius 1 is 1.00 bits per heavy atom. The molecule has 2 nitrogen and oxygen atoms in total. The highest BCUT2D eigenvalue weighted by Gasteiger charge is 2.18. The molecule has 20 heavy (non-hydrogen) atoms. The highest BCUT2D eigenvalue weighted by Crippen LogP contribution is 2.34. The third-order valence-corrected chi connectivity index (χ3v) is 4.29. The molecule has 0 aromatic heterocycles. The second-order valence-electron chi connectivity index (χ2n) is 5.69. The van der Waals surface area contributed by atoms with Gasteiger partial charge in [0.25, 0.3) is 0 Å². The Labute approximate surface area is 120 Å². The van der Waals surface area contributed by atoms with Crippen molar-refractivity contribution < 1.29 is 0 Å². The Kier molecular flexibility index (Phi) is 3.64. The van der Waals surface area contributed by atoms with E-state index in [0.717, 1.165) is 43.5 Å². The van der Waals surface area contributed by atoms with Gasteiger partial charge in [-0.1, -0.05) is 30.4 Å². The maximum absolute atomic E-state index is 6.14. The van der Waals surface area contributed by atoms with Gasteiger partial charge in [-0.3, -0.25) is 0 Å². The van der Waals surface area contributed by atoms with Gasteiger partial charge in [-0.25, -0.2) is 0 Å². The van der Waals surface area contributed by atoms with Gasteiger partial charge in [0.05, 0.1) is 0 Å². The molecule has 0 spiro atoms. The summed E-state index contributed by atoms with van der Waals surface area (Å²) in [5, 5.41) is 0. The van der Waals surface area contributed by atoms with Crippen molar-refractivity contribution in [2.75, 3.05) is 0 Å². The van der Waals surface area contributed by atoms with Crippen LogP contribution in [0.25, 0.3) is 0 Å². The van der Waals surface area contributed by atoms with Crippen molar-refractivity contribution in [2.45, 2.75) is 32.1 Å². The summed E-state index contributed by atoms with van der Waals surface area (Å²) >= 11 is 0. The van der Waals surface area contributed by atoms with E-state index in [1.54, 1.807) is 0 Å². The van der Waals surface area contributed by atoms with Gasteiger partial charge in [0.15, 0.2) is 0 Å². The Hall–Kier alpha value is -1.96. The molecule has 0 radical (unpaired) electrons. The molecule has 0 aromatic carbocycles. The average Bonchev–Trinajstić information content (AvgIpc) is 2.49. The molecule has 3 rings (SSSR count). The van der Waals surface area contributed by atoms with Crippen LogP contribution in [0.5, 0.6) is 0 Å². The Morgan fingerprint density at radius 3 is 2.65 bits per heavy atom. The third-order valence-electron chi connectivity index (χ3n) is 4.29. The molecular weight excluding hydrogens is 244 g/mol. The molecule has 3 aliphatic carbocycles. The predicted molar refractivity (Wildman–Crippen MR) is 84.5 cm³/mol. The maximum atomic E-state index is 6.14. The molecule has 0 heterocycles. The molecule has 3 aliphatic rings. The van der Waals surface area contributed by atoms with Crippen LogP contribution in [-0.2, 0) is 0 Å². The van der Waals surface area contributed by atoms with Crippen LogP contribution in [0.15, 0.2) is 70.6 Å². The predicted octanol–water partition coefficient (Wildman–Crippen LogP) is 3.61. The van der Waals surface area contributed by atoms with E-state index in [-0.39, 0.29) is 0 Å². The number of rotatable bonds is 2. The minimum absolute atomic E-state index is 0.471. The lowest BCUT2D eigenvalue weighted by Gasteiger charge is -2.23. The van der Waals surface area contributed by atoms with Gasteiger partial charge in [0.1, 0.15) is 0 Å². The third kappa shape index (κ3) is 2.64. The number of nitrogens with two attached hydrogens (primary N) is 2. The van der Waals surface area contributed by atoms with Gasteiger partial charge in [-0.15, -0.1) is 0 Å². The Bertz CT molecular complexity index is 583. The van der Waals surface area contributed by atoms with Crippen molar-refractivity contribution >= 4 is 0 Å². The lowest BCUT2D eigenvalue weighted by atomic mass is 9.82. The van der Waals surface area contributed by atoms with E-state index in [0.29, 0.717) is 5.92 Å². The molecule has 0 amide bonds. The first-order valence-electron chi connectivity index (χ1n) is 7.44. The minimum Gasteiger partial charge on any atom is -0.399 e. The first kappa shape index (κ1) is 13.0. The molecule has 0 aromatic rings. The summed E-state index contributed by atoms with van der Waals surface area (Å²) in [7, 11) is 0. The molecule has 0 saturated carbocycles. The van der Waals surface area contributed by atoms with Crippen molar-refractivity contribution in [3.05, 3.63) is 70.6 Å². The smallest absolute Gasteiger partial charge is 0.0346 e. The second-order valence-corrected chi connectivity index (χ2v) is 5.69. The molecule has 0 fully saturated rings. The fourth-order valence-corrected chi connectivity index (χ4v) is 3.14. The van der Waals surface area contributed by atoms with Crippen molar-refractivity contribution in [1.29, 1.82) is 0 Å². The van der Waals surface area contributed by atoms with Gasteiger partial charge in [-0.05, 0) is 61.0 Å². The quantitative estimate of drug-likeness (QED) is 0.802. The topological polar surface area (TPSA) is 52.0 Å². The number of hydrogen-bond acceptors (Lipinski definition) is 2. The zero-order chi connectivity index (χ0) is 13.9. The van der Waals surface area contributed by atoms with Gasteiger partial charge >= 0.3 is 0 Å². The van der Waals surface area contributed by atoms with Gasteiger partial charge in [0.2, 0.25) is 0 Å². The van der Waals surface area contributed by atoms with Crippen LogP contribution in [0.4, 0.5) is 0 Å². The van der Waals surface area contributed by atoms with Crippen LogP contribution in [0, 0.1) is 5.92 Å². The zero-order valence-corrected chi connectivity index (χ0v) is 11.8. The van der Waals surface area contributed by atoms with Crippen LogP contribution in [-0.4, -0.2) is 0 Å². The van der Waals surface area contributed by atoms with E-state index in [2.05, 4.69) is 36.5 Å². The maximum Gasteiger partial charge on any atom is 0.0346 e. The zero-order valence-electron chi connectivity index (χ0n) is 11.8. The molecule has 0 saturated heterocycles. The van der Waals surface area contributed by atoms with Crippen LogP contribution >= 0.6 is 0 Å². The summed E-state index contributed by atoms with van der Waals surface area (Å²) in [4.78, 5) is 0. The van der Waals surface area contributed by atoms with Crippen LogP contribution < -0.4 is 11.5 Å². The van der Waals surface area contributed by atoms with Crippen molar-refractivity contribution in [2.24, 2.45) is 17.4 Å². The van der Waals surface area contributed by atoms with Crippen molar-refractivity contribution in [1.82, 2.24) is 0 Å². The molecule has 4 N–H and O–H groups in total. The highest BCUT2D eigenvalue weighted by molar-refractivity contribution is 5.47. The summed E-state index contributed by atoms with van der Waals surface area (Å²) in [5.74, 6) is 0.471. The summed E-state index contributed by atoms with van der Waals surface area (Å²) in [6.45, 7) is 0. The lowest BCUT2D eigenvalue weighted by Crippen LogP contribution is -2.11. The van der Waals surface area contributed by atoms with Crippen LogP contribution in [0.1, 0.15) is 32.1 Å². The first-order chi connectivity index (χ1) is 9.74. The standard InChI is InChI=1S/C18H22N2/c19-16-10-8-13(9-11-16)14-4-3-5-15(12-14)17-6-1-2-7-18(17)20/h2,4,7-8,10-13H,1,3,5-6,9,19-20H2. The van der Waals surface area contributed by atoms with Crippen molar-refractivity contribution in [3.8, 4) is 0 Å². The largest absolute Gasteiger partial charge is 0.399 e. The van der Waals surface area contributed by atoms with E-state index < -0.39 is 0 Å². The SMILES string of the molecule is NC1=CCC(C2=CCCC(C3=C(N)C=CCC3)=C2)C=C1. The van der Waals surface area contributed by atoms with Gasteiger partial charge in [0, 0.05) is 17.3 Å². The number of allylic oxidation sites excluding steroid dienone is 10. The molecule has 0 bridgehead atoms. The van der Waals surface area contributed by atoms with E-state index >= 15 is 0 Å². The van der Waals surface area contributed by atoms with E-state index in [4.69, 9.17) is 11.5 Å².